The van der Waals surface area contributed by atoms with E-state index < -0.39 is 0 Å². The number of hydrogen-bond acceptors (Lipinski definition) is 3. The summed E-state index contributed by atoms with van der Waals surface area (Å²) in [5.74, 6) is 1.16. The van der Waals surface area contributed by atoms with Crippen LogP contribution < -0.4 is 14.8 Å². The third kappa shape index (κ3) is 5.38. The lowest BCUT2D eigenvalue weighted by Gasteiger charge is -2.10. The fraction of sp³-hybridized carbons (Fsp3) is 0.136. The standard InChI is InChI=1S/C22H21NO3/c1-17-10-12-20(13-11-17)26-16-22(24)23-19-8-5-9-21(14-19)25-15-18-6-3-2-4-7-18/h2-14H,15-16H2,1H3,(H,23,24). The number of amides is 1. The largest absolute Gasteiger partial charge is 0.489 e. The van der Waals surface area contributed by atoms with Crippen molar-refractivity contribution in [1.82, 2.24) is 0 Å². The Morgan fingerprint density at radius 3 is 2.38 bits per heavy atom. The van der Waals surface area contributed by atoms with Crippen molar-refractivity contribution in [2.24, 2.45) is 0 Å². The second-order valence-corrected chi connectivity index (χ2v) is 5.95. The summed E-state index contributed by atoms with van der Waals surface area (Å²) in [7, 11) is 0. The topological polar surface area (TPSA) is 47.6 Å². The van der Waals surface area contributed by atoms with Gasteiger partial charge in [0.15, 0.2) is 6.61 Å². The molecule has 0 aliphatic rings. The van der Waals surface area contributed by atoms with Crippen molar-refractivity contribution in [3.8, 4) is 11.5 Å². The van der Waals surface area contributed by atoms with Crippen molar-refractivity contribution in [3.05, 3.63) is 90.0 Å². The average molecular weight is 347 g/mol. The predicted molar refractivity (Wildman–Crippen MR) is 103 cm³/mol. The molecule has 0 aromatic heterocycles. The molecular formula is C22H21NO3. The molecule has 3 aromatic carbocycles. The third-order valence-electron chi connectivity index (χ3n) is 3.76. The first kappa shape index (κ1) is 17.5. The molecule has 0 aliphatic carbocycles. The summed E-state index contributed by atoms with van der Waals surface area (Å²) < 4.78 is 11.3. The van der Waals surface area contributed by atoms with Crippen LogP contribution in [0.1, 0.15) is 11.1 Å². The van der Waals surface area contributed by atoms with E-state index in [1.807, 2.05) is 79.7 Å². The molecule has 4 nitrogen and oxygen atoms in total. The van der Waals surface area contributed by atoms with Crippen molar-refractivity contribution in [2.75, 3.05) is 11.9 Å². The average Bonchev–Trinajstić information content (AvgIpc) is 2.67. The maximum Gasteiger partial charge on any atom is 0.262 e. The fourth-order valence-electron chi connectivity index (χ4n) is 2.38. The Balaban J connectivity index is 1.51. The van der Waals surface area contributed by atoms with E-state index >= 15 is 0 Å². The van der Waals surface area contributed by atoms with Gasteiger partial charge in [-0.3, -0.25) is 4.79 Å². The Labute approximate surface area is 153 Å². The lowest BCUT2D eigenvalue weighted by molar-refractivity contribution is -0.118. The Kier molecular flexibility index (Phi) is 5.88. The lowest BCUT2D eigenvalue weighted by Crippen LogP contribution is -2.20. The second-order valence-electron chi connectivity index (χ2n) is 5.95. The first-order valence-corrected chi connectivity index (χ1v) is 8.45. The predicted octanol–water partition coefficient (Wildman–Crippen LogP) is 4.59. The molecule has 1 N–H and O–H groups in total. The van der Waals surface area contributed by atoms with Crippen LogP contribution in [0.3, 0.4) is 0 Å². The Morgan fingerprint density at radius 2 is 1.62 bits per heavy atom. The summed E-state index contributed by atoms with van der Waals surface area (Å²) in [5.41, 5.74) is 2.91. The highest BCUT2D eigenvalue weighted by Gasteiger charge is 2.05. The molecule has 0 fully saturated rings. The quantitative estimate of drug-likeness (QED) is 0.680. The minimum atomic E-state index is -0.217. The Bertz CT molecular complexity index is 845. The molecule has 1 amide bonds. The molecule has 0 bridgehead atoms. The monoisotopic (exact) mass is 347 g/mol. The van der Waals surface area contributed by atoms with Gasteiger partial charge < -0.3 is 14.8 Å². The Morgan fingerprint density at radius 1 is 0.846 bits per heavy atom. The van der Waals surface area contributed by atoms with E-state index in [9.17, 15) is 4.79 Å². The molecule has 0 aliphatic heterocycles. The zero-order valence-corrected chi connectivity index (χ0v) is 14.6. The summed E-state index contributed by atoms with van der Waals surface area (Å²) in [5, 5.41) is 2.82. The van der Waals surface area contributed by atoms with Gasteiger partial charge in [-0.2, -0.15) is 0 Å². The molecule has 0 heterocycles. The van der Waals surface area contributed by atoms with Crippen LogP contribution in [-0.4, -0.2) is 12.5 Å². The van der Waals surface area contributed by atoms with E-state index in [0.717, 1.165) is 11.1 Å². The van der Waals surface area contributed by atoms with Gasteiger partial charge in [-0.25, -0.2) is 0 Å². The van der Waals surface area contributed by atoms with Gasteiger partial charge in [0.25, 0.3) is 5.91 Å². The van der Waals surface area contributed by atoms with Crippen LogP contribution in [0.15, 0.2) is 78.9 Å². The van der Waals surface area contributed by atoms with Crippen molar-refractivity contribution in [1.29, 1.82) is 0 Å². The summed E-state index contributed by atoms with van der Waals surface area (Å²) in [6, 6.07) is 24.8. The van der Waals surface area contributed by atoms with Crippen LogP contribution in [0, 0.1) is 6.92 Å². The summed E-state index contributed by atoms with van der Waals surface area (Å²) >= 11 is 0. The first-order valence-electron chi connectivity index (χ1n) is 8.45. The molecule has 0 spiro atoms. The van der Waals surface area contributed by atoms with Gasteiger partial charge in [-0.05, 0) is 36.8 Å². The van der Waals surface area contributed by atoms with Crippen molar-refractivity contribution >= 4 is 11.6 Å². The highest BCUT2D eigenvalue weighted by Crippen LogP contribution is 2.19. The van der Waals surface area contributed by atoms with Crippen LogP contribution in [0.5, 0.6) is 11.5 Å². The summed E-state index contributed by atoms with van der Waals surface area (Å²) in [6.45, 7) is 2.44. The molecule has 4 heteroatoms. The van der Waals surface area contributed by atoms with E-state index in [1.54, 1.807) is 6.07 Å². The molecule has 132 valence electrons. The normalized spacial score (nSPS) is 10.2. The second kappa shape index (κ2) is 8.72. The number of rotatable bonds is 7. The molecule has 26 heavy (non-hydrogen) atoms. The van der Waals surface area contributed by atoms with Crippen LogP contribution >= 0.6 is 0 Å². The number of carbonyl (C=O) groups is 1. The zero-order chi connectivity index (χ0) is 18.2. The highest BCUT2D eigenvalue weighted by molar-refractivity contribution is 5.92. The number of aryl methyl sites for hydroxylation is 1. The molecular weight excluding hydrogens is 326 g/mol. The SMILES string of the molecule is Cc1ccc(OCC(=O)Nc2cccc(OCc3ccccc3)c2)cc1. The van der Waals surface area contributed by atoms with Gasteiger partial charge in [0.2, 0.25) is 0 Å². The summed E-state index contributed by atoms with van der Waals surface area (Å²) in [4.78, 5) is 12.1. The van der Waals surface area contributed by atoms with E-state index in [4.69, 9.17) is 9.47 Å². The van der Waals surface area contributed by atoms with E-state index in [2.05, 4.69) is 5.32 Å². The van der Waals surface area contributed by atoms with Gasteiger partial charge in [0.1, 0.15) is 18.1 Å². The summed E-state index contributed by atoms with van der Waals surface area (Å²) in [6.07, 6.45) is 0. The number of ether oxygens (including phenoxy) is 2. The fourth-order valence-corrected chi connectivity index (χ4v) is 2.38. The van der Waals surface area contributed by atoms with E-state index in [1.165, 1.54) is 0 Å². The van der Waals surface area contributed by atoms with E-state index in [-0.39, 0.29) is 12.5 Å². The number of nitrogens with one attached hydrogen (secondary N) is 1. The highest BCUT2D eigenvalue weighted by atomic mass is 16.5. The number of hydrogen-bond donors (Lipinski definition) is 1. The van der Waals surface area contributed by atoms with Crippen molar-refractivity contribution < 1.29 is 14.3 Å². The number of anilines is 1. The molecule has 0 saturated carbocycles. The molecule has 0 saturated heterocycles. The molecule has 3 rings (SSSR count). The zero-order valence-electron chi connectivity index (χ0n) is 14.6. The molecule has 0 radical (unpaired) electrons. The van der Waals surface area contributed by atoms with Gasteiger partial charge in [-0.15, -0.1) is 0 Å². The van der Waals surface area contributed by atoms with Crippen LogP contribution in [0.25, 0.3) is 0 Å². The maximum atomic E-state index is 12.1. The lowest BCUT2D eigenvalue weighted by atomic mass is 10.2. The first-order chi connectivity index (χ1) is 12.7. The minimum Gasteiger partial charge on any atom is -0.489 e. The van der Waals surface area contributed by atoms with Gasteiger partial charge in [0.05, 0.1) is 0 Å². The van der Waals surface area contributed by atoms with Crippen molar-refractivity contribution in [2.45, 2.75) is 13.5 Å². The molecule has 0 unspecified atom stereocenters. The van der Waals surface area contributed by atoms with Crippen molar-refractivity contribution in [3.63, 3.8) is 0 Å². The third-order valence-corrected chi connectivity index (χ3v) is 3.76. The van der Waals surface area contributed by atoms with Gasteiger partial charge in [-0.1, -0.05) is 54.1 Å². The van der Waals surface area contributed by atoms with Gasteiger partial charge in [0, 0.05) is 11.8 Å². The maximum absolute atomic E-state index is 12.1. The van der Waals surface area contributed by atoms with Crippen LogP contribution in [0.4, 0.5) is 5.69 Å². The van der Waals surface area contributed by atoms with Crippen LogP contribution in [-0.2, 0) is 11.4 Å². The Hall–Kier alpha value is -3.27. The van der Waals surface area contributed by atoms with E-state index in [0.29, 0.717) is 23.8 Å². The van der Waals surface area contributed by atoms with Crippen LogP contribution in [0.2, 0.25) is 0 Å². The number of benzene rings is 3. The smallest absolute Gasteiger partial charge is 0.262 e. The molecule has 3 aromatic rings. The number of carbonyl (C=O) groups excluding carboxylic acids is 1. The molecule has 0 atom stereocenters. The van der Waals surface area contributed by atoms with Gasteiger partial charge >= 0.3 is 0 Å². The minimum absolute atomic E-state index is 0.0435.